The summed E-state index contributed by atoms with van der Waals surface area (Å²) in [4.78, 5) is 12.3. The second kappa shape index (κ2) is 7.14. The molecule has 0 spiro atoms. The molecule has 1 aromatic carbocycles. The largest absolute Gasteiger partial charge is 0.459 e. The molecule has 3 aromatic rings. The van der Waals surface area contributed by atoms with Crippen LogP contribution in [0.4, 0.5) is 0 Å². The van der Waals surface area contributed by atoms with Gasteiger partial charge in [-0.1, -0.05) is 36.0 Å². The summed E-state index contributed by atoms with van der Waals surface area (Å²) in [5, 5.41) is 11.3. The summed E-state index contributed by atoms with van der Waals surface area (Å²) in [6, 6.07) is 11.9. The average molecular weight is 355 g/mol. The smallest absolute Gasteiger partial charge is 0.284 e. The Labute approximate surface area is 149 Å². The summed E-state index contributed by atoms with van der Waals surface area (Å²) >= 11 is 1.22. The van der Waals surface area contributed by atoms with Gasteiger partial charge < -0.3 is 14.2 Å². The molecule has 1 aliphatic rings. The van der Waals surface area contributed by atoms with Gasteiger partial charge in [0.2, 0.25) is 5.91 Å². The van der Waals surface area contributed by atoms with E-state index in [0.29, 0.717) is 16.9 Å². The van der Waals surface area contributed by atoms with E-state index < -0.39 is 0 Å². The van der Waals surface area contributed by atoms with Crippen molar-refractivity contribution < 1.29 is 13.6 Å². The van der Waals surface area contributed by atoms with E-state index in [1.807, 2.05) is 12.1 Å². The Hall–Kier alpha value is -2.54. The summed E-state index contributed by atoms with van der Waals surface area (Å²) in [5.41, 5.74) is 2.55. The molecule has 1 amide bonds. The van der Waals surface area contributed by atoms with Crippen LogP contribution in [0.2, 0.25) is 0 Å². The molecule has 1 atom stereocenters. The zero-order valence-corrected chi connectivity index (χ0v) is 14.3. The highest BCUT2D eigenvalue weighted by molar-refractivity contribution is 7.99. The van der Waals surface area contributed by atoms with Crippen LogP contribution < -0.4 is 5.32 Å². The van der Waals surface area contributed by atoms with Gasteiger partial charge in [0, 0.05) is 0 Å². The van der Waals surface area contributed by atoms with Crippen molar-refractivity contribution in [3.05, 3.63) is 53.8 Å². The molecule has 0 radical (unpaired) electrons. The number of hydrogen-bond donors (Lipinski definition) is 1. The highest BCUT2D eigenvalue weighted by atomic mass is 32.2. The summed E-state index contributed by atoms with van der Waals surface area (Å²) < 4.78 is 10.7. The third kappa shape index (κ3) is 3.61. The first kappa shape index (κ1) is 16.0. The number of rotatable bonds is 5. The summed E-state index contributed by atoms with van der Waals surface area (Å²) in [6.45, 7) is 0. The van der Waals surface area contributed by atoms with Crippen LogP contribution in [-0.4, -0.2) is 21.9 Å². The first-order valence-electron chi connectivity index (χ1n) is 8.17. The normalized spacial score (nSPS) is 16.4. The third-order valence-corrected chi connectivity index (χ3v) is 4.99. The van der Waals surface area contributed by atoms with Crippen LogP contribution in [0, 0.1) is 0 Å². The predicted molar refractivity (Wildman–Crippen MR) is 93.0 cm³/mol. The minimum Gasteiger partial charge on any atom is -0.459 e. The number of hydrogen-bond acceptors (Lipinski definition) is 6. The molecule has 0 unspecified atom stereocenters. The monoisotopic (exact) mass is 355 g/mol. The number of benzene rings is 1. The Morgan fingerprint density at radius 3 is 3.04 bits per heavy atom. The van der Waals surface area contributed by atoms with Crippen LogP contribution in [0.15, 0.2) is 56.7 Å². The van der Waals surface area contributed by atoms with Crippen molar-refractivity contribution in [1.82, 2.24) is 15.5 Å². The van der Waals surface area contributed by atoms with Gasteiger partial charge in [-0.05, 0) is 42.5 Å². The minimum absolute atomic E-state index is 0.0375. The molecule has 4 rings (SSSR count). The van der Waals surface area contributed by atoms with Crippen molar-refractivity contribution in [2.75, 3.05) is 5.75 Å². The van der Waals surface area contributed by atoms with Gasteiger partial charge in [0.1, 0.15) is 0 Å². The van der Waals surface area contributed by atoms with Crippen molar-refractivity contribution in [2.24, 2.45) is 0 Å². The van der Waals surface area contributed by atoms with Crippen LogP contribution in [0.5, 0.6) is 0 Å². The third-order valence-electron chi connectivity index (χ3n) is 4.17. The van der Waals surface area contributed by atoms with Crippen molar-refractivity contribution in [3.63, 3.8) is 0 Å². The summed E-state index contributed by atoms with van der Waals surface area (Å²) in [7, 11) is 0. The molecule has 0 bridgehead atoms. The highest BCUT2D eigenvalue weighted by Crippen LogP contribution is 2.29. The Bertz CT molecular complexity index is 860. The Kier molecular flexibility index (Phi) is 4.56. The highest BCUT2D eigenvalue weighted by Gasteiger charge is 2.21. The topological polar surface area (TPSA) is 81.2 Å². The first-order valence-corrected chi connectivity index (χ1v) is 9.15. The van der Waals surface area contributed by atoms with E-state index in [9.17, 15) is 4.79 Å². The second-order valence-electron chi connectivity index (χ2n) is 5.85. The van der Waals surface area contributed by atoms with Gasteiger partial charge in [-0.15, -0.1) is 10.2 Å². The zero-order chi connectivity index (χ0) is 17.1. The van der Waals surface area contributed by atoms with Crippen molar-refractivity contribution in [3.8, 4) is 11.7 Å². The lowest BCUT2D eigenvalue weighted by atomic mass is 9.88. The number of carbonyl (C=O) groups is 1. The molecule has 0 saturated heterocycles. The number of furan rings is 1. The Balaban J connectivity index is 1.34. The second-order valence-corrected chi connectivity index (χ2v) is 6.78. The number of carbonyl (C=O) groups excluding carboxylic acids is 1. The van der Waals surface area contributed by atoms with Gasteiger partial charge in [-0.2, -0.15) is 0 Å². The van der Waals surface area contributed by atoms with E-state index in [2.05, 4.69) is 27.6 Å². The molecule has 6 nitrogen and oxygen atoms in total. The maximum absolute atomic E-state index is 12.3. The number of amides is 1. The van der Waals surface area contributed by atoms with E-state index in [-0.39, 0.29) is 17.7 Å². The van der Waals surface area contributed by atoms with Gasteiger partial charge >= 0.3 is 0 Å². The molecular weight excluding hydrogens is 338 g/mol. The van der Waals surface area contributed by atoms with Crippen LogP contribution in [-0.2, 0) is 11.2 Å². The van der Waals surface area contributed by atoms with E-state index in [1.165, 1.54) is 22.9 Å². The number of aromatic nitrogens is 2. The fraction of sp³-hybridized carbons (Fsp3) is 0.278. The molecule has 1 aliphatic carbocycles. The molecule has 1 N–H and O–H groups in total. The van der Waals surface area contributed by atoms with Gasteiger partial charge in [-0.25, -0.2) is 0 Å². The van der Waals surface area contributed by atoms with E-state index in [0.717, 1.165) is 19.3 Å². The maximum Gasteiger partial charge on any atom is 0.284 e. The predicted octanol–water partition coefficient (Wildman–Crippen LogP) is 3.62. The molecule has 2 heterocycles. The minimum atomic E-state index is -0.0375. The number of fused-ring (bicyclic) bond motifs is 1. The van der Waals surface area contributed by atoms with Crippen molar-refractivity contribution in [2.45, 2.75) is 30.5 Å². The SMILES string of the molecule is O=C(CSc1nnc(-c2ccco2)o1)N[C@H]1CCCc2ccccc21. The van der Waals surface area contributed by atoms with Gasteiger partial charge in [-0.3, -0.25) is 4.79 Å². The van der Waals surface area contributed by atoms with Crippen molar-refractivity contribution in [1.29, 1.82) is 0 Å². The van der Waals surface area contributed by atoms with Crippen LogP contribution in [0.25, 0.3) is 11.7 Å². The van der Waals surface area contributed by atoms with E-state index >= 15 is 0 Å². The average Bonchev–Trinajstić information content (AvgIpc) is 3.32. The molecule has 0 saturated carbocycles. The molecule has 7 heteroatoms. The lowest BCUT2D eigenvalue weighted by Gasteiger charge is -2.26. The van der Waals surface area contributed by atoms with Crippen LogP contribution in [0.1, 0.15) is 30.0 Å². The van der Waals surface area contributed by atoms with Crippen molar-refractivity contribution >= 4 is 17.7 Å². The molecule has 0 aliphatic heterocycles. The quantitative estimate of drug-likeness (QED) is 0.704. The molecular formula is C18H17N3O3S. The van der Waals surface area contributed by atoms with Gasteiger partial charge in [0.05, 0.1) is 18.1 Å². The first-order chi connectivity index (χ1) is 12.3. The maximum atomic E-state index is 12.3. The van der Waals surface area contributed by atoms with E-state index in [4.69, 9.17) is 8.83 Å². The standard InChI is InChI=1S/C18H17N3O3S/c22-16(19-14-8-3-6-12-5-1-2-7-13(12)14)11-25-18-21-20-17(24-18)15-9-4-10-23-15/h1-2,4-5,7,9-10,14H,3,6,8,11H2,(H,19,22)/t14-/m0/s1. The Morgan fingerprint density at radius 1 is 1.24 bits per heavy atom. The summed E-state index contributed by atoms with van der Waals surface area (Å²) in [5.74, 6) is 1.03. The fourth-order valence-corrected chi connectivity index (χ4v) is 3.61. The van der Waals surface area contributed by atoms with Crippen LogP contribution in [0.3, 0.4) is 0 Å². The lowest BCUT2D eigenvalue weighted by molar-refractivity contribution is -0.119. The number of aryl methyl sites for hydroxylation is 1. The summed E-state index contributed by atoms with van der Waals surface area (Å²) in [6.07, 6.45) is 4.68. The van der Waals surface area contributed by atoms with Gasteiger partial charge in [0.25, 0.3) is 11.1 Å². The molecule has 0 fully saturated rings. The fourth-order valence-electron chi connectivity index (χ4n) is 3.04. The zero-order valence-electron chi connectivity index (χ0n) is 13.5. The van der Waals surface area contributed by atoms with E-state index in [1.54, 1.807) is 18.4 Å². The molecule has 25 heavy (non-hydrogen) atoms. The van der Waals surface area contributed by atoms with Gasteiger partial charge in [0.15, 0.2) is 5.76 Å². The van der Waals surface area contributed by atoms with Crippen LogP contribution >= 0.6 is 11.8 Å². The molecule has 128 valence electrons. The number of nitrogens with one attached hydrogen (secondary N) is 1. The number of nitrogens with zero attached hydrogens (tertiary/aromatic N) is 2. The lowest BCUT2D eigenvalue weighted by Crippen LogP contribution is -2.32. The Morgan fingerprint density at radius 2 is 2.16 bits per heavy atom. The number of thioether (sulfide) groups is 1. The molecule has 2 aromatic heterocycles.